The van der Waals surface area contributed by atoms with Crippen LogP contribution in [0.3, 0.4) is 0 Å². The number of anilines is 1. The third-order valence-corrected chi connectivity index (χ3v) is 6.43. The van der Waals surface area contributed by atoms with Gasteiger partial charge in [-0.1, -0.05) is 60.7 Å². The molecule has 2 aliphatic rings. The Bertz CT molecular complexity index is 890. The second kappa shape index (κ2) is 7.36. The van der Waals surface area contributed by atoms with Crippen LogP contribution in [-0.4, -0.2) is 29.6 Å². The molecule has 2 aromatic carbocycles. The molecule has 3 aromatic rings. The second-order valence-corrected chi connectivity index (χ2v) is 7.85. The summed E-state index contributed by atoms with van der Waals surface area (Å²) in [5, 5.41) is 3.42. The Kier molecular flexibility index (Phi) is 4.57. The molecular formula is C24H26N4. The molecule has 4 nitrogen and oxygen atoms in total. The topological polar surface area (TPSA) is 41.1 Å². The fraction of sp³-hybridized carbons (Fsp3) is 0.333. The lowest BCUT2D eigenvalue weighted by molar-refractivity contribution is 0.390. The molecule has 3 heterocycles. The smallest absolute Gasteiger partial charge is 0.135 e. The van der Waals surface area contributed by atoms with Crippen molar-refractivity contribution >= 4 is 5.82 Å². The Morgan fingerprint density at radius 2 is 1.46 bits per heavy atom. The molecule has 0 spiro atoms. The van der Waals surface area contributed by atoms with Crippen molar-refractivity contribution in [2.75, 3.05) is 24.5 Å². The van der Waals surface area contributed by atoms with E-state index in [1.165, 1.54) is 22.4 Å². The van der Waals surface area contributed by atoms with Crippen LogP contribution in [0, 0.1) is 0 Å². The van der Waals surface area contributed by atoms with Crippen molar-refractivity contribution in [2.24, 2.45) is 0 Å². The Morgan fingerprint density at radius 3 is 2.11 bits per heavy atom. The number of benzene rings is 2. The van der Waals surface area contributed by atoms with E-state index in [0.717, 1.165) is 51.3 Å². The van der Waals surface area contributed by atoms with Gasteiger partial charge >= 0.3 is 0 Å². The van der Waals surface area contributed by atoms with Gasteiger partial charge in [0.2, 0.25) is 0 Å². The zero-order valence-corrected chi connectivity index (χ0v) is 16.1. The first-order valence-electron chi connectivity index (χ1n) is 10.3. The van der Waals surface area contributed by atoms with Crippen LogP contribution in [0.4, 0.5) is 5.82 Å². The molecule has 4 heteroatoms. The quantitative estimate of drug-likeness (QED) is 0.763. The molecule has 142 valence electrons. The first-order chi connectivity index (χ1) is 13.9. The maximum absolute atomic E-state index is 4.70. The van der Waals surface area contributed by atoms with Crippen LogP contribution in [0.25, 0.3) is 0 Å². The van der Waals surface area contributed by atoms with Gasteiger partial charge in [0, 0.05) is 30.6 Å². The lowest BCUT2D eigenvalue weighted by atomic mass is 9.68. The number of fused-ring (bicyclic) bond motifs is 1. The zero-order chi connectivity index (χ0) is 18.8. The molecule has 0 atom stereocenters. The molecule has 0 radical (unpaired) electrons. The second-order valence-electron chi connectivity index (χ2n) is 7.85. The van der Waals surface area contributed by atoms with Crippen molar-refractivity contribution in [1.82, 2.24) is 15.3 Å². The van der Waals surface area contributed by atoms with E-state index in [1.807, 2.05) is 0 Å². The average Bonchev–Trinajstić information content (AvgIpc) is 2.80. The molecule has 0 amide bonds. The Balaban J connectivity index is 1.47. The van der Waals surface area contributed by atoms with Crippen molar-refractivity contribution in [1.29, 1.82) is 0 Å². The van der Waals surface area contributed by atoms with E-state index < -0.39 is 0 Å². The van der Waals surface area contributed by atoms with Crippen LogP contribution in [0.1, 0.15) is 35.2 Å². The molecule has 0 aliphatic carbocycles. The molecule has 5 rings (SSSR count). The minimum atomic E-state index is 0.0771. The summed E-state index contributed by atoms with van der Waals surface area (Å²) in [6.45, 7) is 3.90. The number of nitrogens with zero attached hydrogens (tertiary/aromatic N) is 3. The predicted octanol–water partition coefficient (Wildman–Crippen LogP) is 3.71. The van der Waals surface area contributed by atoms with E-state index in [1.54, 1.807) is 6.33 Å². The zero-order valence-electron chi connectivity index (χ0n) is 16.1. The summed E-state index contributed by atoms with van der Waals surface area (Å²) in [4.78, 5) is 11.7. The molecule has 1 saturated heterocycles. The summed E-state index contributed by atoms with van der Waals surface area (Å²) in [7, 11) is 0. The third kappa shape index (κ3) is 2.98. The summed E-state index contributed by atoms with van der Waals surface area (Å²) >= 11 is 0. The largest absolute Gasteiger partial charge is 0.356 e. The summed E-state index contributed by atoms with van der Waals surface area (Å²) in [6.07, 6.45) is 4.94. The van der Waals surface area contributed by atoms with E-state index in [2.05, 4.69) is 75.9 Å². The number of piperidine rings is 1. The lowest BCUT2D eigenvalue weighted by Gasteiger charge is -2.44. The Hall–Kier alpha value is -2.72. The van der Waals surface area contributed by atoms with Crippen LogP contribution >= 0.6 is 0 Å². The van der Waals surface area contributed by atoms with Crippen molar-refractivity contribution in [3.8, 4) is 0 Å². The van der Waals surface area contributed by atoms with E-state index in [-0.39, 0.29) is 5.41 Å². The van der Waals surface area contributed by atoms with Gasteiger partial charge < -0.3 is 10.2 Å². The van der Waals surface area contributed by atoms with E-state index in [4.69, 9.17) is 4.98 Å². The van der Waals surface area contributed by atoms with E-state index in [0.29, 0.717) is 0 Å². The Morgan fingerprint density at radius 1 is 0.821 bits per heavy atom. The maximum atomic E-state index is 4.70. The van der Waals surface area contributed by atoms with Gasteiger partial charge in [0.25, 0.3) is 0 Å². The van der Waals surface area contributed by atoms with E-state index in [9.17, 15) is 0 Å². The highest BCUT2D eigenvalue weighted by Gasteiger charge is 2.38. The first-order valence-corrected chi connectivity index (χ1v) is 10.3. The molecule has 1 N–H and O–H groups in total. The number of hydrogen-bond acceptors (Lipinski definition) is 4. The molecule has 1 aromatic heterocycles. The van der Waals surface area contributed by atoms with Gasteiger partial charge in [0.05, 0.1) is 5.69 Å². The van der Waals surface area contributed by atoms with Gasteiger partial charge in [-0.3, -0.25) is 0 Å². The minimum Gasteiger partial charge on any atom is -0.356 e. The van der Waals surface area contributed by atoms with Crippen LogP contribution in [0.5, 0.6) is 0 Å². The minimum absolute atomic E-state index is 0.0771. The van der Waals surface area contributed by atoms with Crippen LogP contribution in [0.2, 0.25) is 0 Å². The normalized spacial score (nSPS) is 18.5. The van der Waals surface area contributed by atoms with Gasteiger partial charge in [0.15, 0.2) is 0 Å². The average molecular weight is 371 g/mol. The number of hydrogen-bond donors (Lipinski definition) is 1. The summed E-state index contributed by atoms with van der Waals surface area (Å²) in [6, 6.07) is 22.1. The van der Waals surface area contributed by atoms with Crippen molar-refractivity contribution in [3.05, 3.63) is 89.4 Å². The SMILES string of the molecule is c1ccc(C2(c3ccccc3)CCN(c3ncnc4c3CCNC4)CC2)cc1. The van der Waals surface area contributed by atoms with Crippen molar-refractivity contribution in [3.63, 3.8) is 0 Å². The molecule has 0 bridgehead atoms. The standard InChI is InChI=1S/C24H26N4/c1-3-7-19(8-4-1)24(20-9-5-2-6-10-20)12-15-28(16-13-24)23-21-11-14-25-17-22(21)26-18-27-23/h1-10,18,25H,11-17H2. The maximum Gasteiger partial charge on any atom is 0.135 e. The number of rotatable bonds is 3. The number of nitrogens with one attached hydrogen (secondary N) is 1. The van der Waals surface area contributed by atoms with Gasteiger partial charge in [-0.05, 0) is 36.9 Å². The fourth-order valence-electron chi connectivity index (χ4n) is 4.90. The van der Waals surface area contributed by atoms with E-state index >= 15 is 0 Å². The molecule has 28 heavy (non-hydrogen) atoms. The molecule has 1 fully saturated rings. The van der Waals surface area contributed by atoms with Gasteiger partial charge in [0.1, 0.15) is 12.1 Å². The monoisotopic (exact) mass is 370 g/mol. The van der Waals surface area contributed by atoms with Crippen LogP contribution in [0.15, 0.2) is 67.0 Å². The number of aromatic nitrogens is 2. The summed E-state index contributed by atoms with van der Waals surface area (Å²) in [5.74, 6) is 1.15. The van der Waals surface area contributed by atoms with Crippen LogP contribution < -0.4 is 10.2 Å². The van der Waals surface area contributed by atoms with Gasteiger partial charge in [-0.25, -0.2) is 9.97 Å². The summed E-state index contributed by atoms with van der Waals surface area (Å²) in [5.41, 5.74) is 5.44. The van der Waals surface area contributed by atoms with Gasteiger partial charge in [-0.15, -0.1) is 0 Å². The molecule has 0 unspecified atom stereocenters. The predicted molar refractivity (Wildman–Crippen MR) is 113 cm³/mol. The highest BCUT2D eigenvalue weighted by atomic mass is 15.2. The Labute approximate surface area is 166 Å². The molecule has 0 saturated carbocycles. The van der Waals surface area contributed by atoms with Gasteiger partial charge in [-0.2, -0.15) is 0 Å². The fourth-order valence-corrected chi connectivity index (χ4v) is 4.90. The first kappa shape index (κ1) is 17.4. The summed E-state index contributed by atoms with van der Waals surface area (Å²) < 4.78 is 0. The third-order valence-electron chi connectivity index (χ3n) is 6.43. The lowest BCUT2D eigenvalue weighted by Crippen LogP contribution is -2.44. The highest BCUT2D eigenvalue weighted by molar-refractivity contribution is 5.51. The molecule has 2 aliphatic heterocycles. The van der Waals surface area contributed by atoms with Crippen molar-refractivity contribution in [2.45, 2.75) is 31.2 Å². The van der Waals surface area contributed by atoms with Crippen molar-refractivity contribution < 1.29 is 0 Å². The molecular weight excluding hydrogens is 344 g/mol. The van der Waals surface area contributed by atoms with Crippen LogP contribution in [-0.2, 0) is 18.4 Å². The highest BCUT2D eigenvalue weighted by Crippen LogP contribution is 2.42.